The first kappa shape index (κ1) is 17.7. The van der Waals surface area contributed by atoms with Crippen molar-refractivity contribution in [1.82, 2.24) is 0 Å². The predicted molar refractivity (Wildman–Crippen MR) is 52.9 cm³/mol. The number of hydrogen-bond donors (Lipinski definition) is 0. The molecule has 0 saturated heterocycles. The molecule has 0 spiro atoms. The van der Waals surface area contributed by atoms with Crippen molar-refractivity contribution in [1.29, 1.82) is 0 Å². The van der Waals surface area contributed by atoms with Gasteiger partial charge in [-0.15, -0.1) is 0 Å². The Labute approximate surface area is 102 Å². The molecule has 0 amide bonds. The third-order valence-corrected chi connectivity index (χ3v) is 5.26. The van der Waals surface area contributed by atoms with E-state index < -0.39 is 26.8 Å². The number of halogens is 5. The molecular formula is C8H15F5O4Si. The van der Waals surface area contributed by atoms with Gasteiger partial charge in [-0.2, -0.15) is 22.0 Å². The van der Waals surface area contributed by atoms with Gasteiger partial charge < -0.3 is 18.0 Å². The minimum absolute atomic E-state index is 0.187. The highest BCUT2D eigenvalue weighted by atomic mass is 28.4. The second-order valence-corrected chi connectivity index (χ2v) is 6.32. The second kappa shape index (κ2) is 6.24. The van der Waals surface area contributed by atoms with Crippen molar-refractivity contribution in [3.05, 3.63) is 0 Å². The lowest BCUT2D eigenvalue weighted by molar-refractivity contribution is -0.398. The predicted octanol–water partition coefficient (Wildman–Crippen LogP) is 2.35. The number of ether oxygens (including phenoxy) is 1. The first-order chi connectivity index (χ1) is 8.10. The largest absolute Gasteiger partial charge is 0.530 e. The third kappa shape index (κ3) is 3.60. The zero-order chi connectivity index (χ0) is 14.6. The first-order valence-corrected chi connectivity index (χ1v) is 6.68. The molecule has 0 heterocycles. The van der Waals surface area contributed by atoms with Gasteiger partial charge in [0.1, 0.15) is 5.73 Å². The quantitative estimate of drug-likeness (QED) is 0.534. The average Bonchev–Trinajstić information content (AvgIpc) is 2.28. The molecule has 110 valence electrons. The first-order valence-electron chi connectivity index (χ1n) is 4.88. The van der Waals surface area contributed by atoms with E-state index in [1.807, 2.05) is 0 Å². The molecule has 4 nitrogen and oxygen atoms in total. The fourth-order valence-electron chi connectivity index (χ4n) is 1.30. The summed E-state index contributed by atoms with van der Waals surface area (Å²) in [5.74, 6) is 0. The van der Waals surface area contributed by atoms with E-state index in [1.165, 1.54) is 6.92 Å². The SMILES string of the molecule is CCC(OC(F)(F)C(F)(F)F)[Si](OC)(OC)OC. The molecule has 18 heavy (non-hydrogen) atoms. The third-order valence-electron chi connectivity index (χ3n) is 2.24. The average molecular weight is 298 g/mol. The summed E-state index contributed by atoms with van der Waals surface area (Å²) < 4.78 is 80.0. The van der Waals surface area contributed by atoms with Gasteiger partial charge in [0.15, 0.2) is 0 Å². The summed E-state index contributed by atoms with van der Waals surface area (Å²) in [4.78, 5) is 0. The Kier molecular flexibility index (Phi) is 6.14. The van der Waals surface area contributed by atoms with E-state index in [-0.39, 0.29) is 6.42 Å². The van der Waals surface area contributed by atoms with E-state index in [0.29, 0.717) is 0 Å². The fraction of sp³-hybridized carbons (Fsp3) is 1.00. The van der Waals surface area contributed by atoms with Gasteiger partial charge in [0.05, 0.1) is 0 Å². The van der Waals surface area contributed by atoms with Crippen LogP contribution in [0.2, 0.25) is 0 Å². The van der Waals surface area contributed by atoms with Crippen LogP contribution in [-0.4, -0.2) is 48.1 Å². The van der Waals surface area contributed by atoms with E-state index in [2.05, 4.69) is 4.74 Å². The van der Waals surface area contributed by atoms with Crippen molar-refractivity contribution in [3.63, 3.8) is 0 Å². The Morgan fingerprint density at radius 1 is 0.944 bits per heavy atom. The standard InChI is InChI=1S/C8H15F5O4Si/c1-5-6(18(14-2,15-3)16-4)17-8(12,13)7(9,10)11/h6H,5H2,1-4H3. The summed E-state index contributed by atoms with van der Waals surface area (Å²) in [5.41, 5.74) is -1.63. The highest BCUT2D eigenvalue weighted by Gasteiger charge is 2.63. The van der Waals surface area contributed by atoms with Crippen LogP contribution in [0.4, 0.5) is 22.0 Å². The van der Waals surface area contributed by atoms with Crippen molar-refractivity contribution in [2.24, 2.45) is 0 Å². The monoisotopic (exact) mass is 298 g/mol. The fourth-order valence-corrected chi connectivity index (χ4v) is 3.38. The summed E-state index contributed by atoms with van der Waals surface area (Å²) in [5, 5.41) is 0. The van der Waals surface area contributed by atoms with Crippen LogP contribution in [0, 0.1) is 0 Å². The van der Waals surface area contributed by atoms with E-state index in [4.69, 9.17) is 13.3 Å². The molecule has 0 fully saturated rings. The molecule has 1 atom stereocenters. The Hall–Kier alpha value is -0.293. The second-order valence-electron chi connectivity index (χ2n) is 3.25. The minimum atomic E-state index is -5.81. The van der Waals surface area contributed by atoms with Crippen LogP contribution in [0.3, 0.4) is 0 Å². The van der Waals surface area contributed by atoms with Gasteiger partial charge in [0, 0.05) is 21.3 Å². The van der Waals surface area contributed by atoms with Gasteiger partial charge in [-0.05, 0) is 6.42 Å². The molecule has 0 radical (unpaired) electrons. The molecule has 0 N–H and O–H groups in total. The summed E-state index contributed by atoms with van der Waals surface area (Å²) in [6, 6.07) is 0. The molecule has 0 aromatic carbocycles. The molecule has 0 aliphatic rings. The zero-order valence-corrected chi connectivity index (χ0v) is 11.3. The van der Waals surface area contributed by atoms with Crippen molar-refractivity contribution >= 4 is 8.80 Å². The van der Waals surface area contributed by atoms with Crippen LogP contribution in [-0.2, 0) is 18.0 Å². The normalized spacial score (nSPS) is 15.8. The summed E-state index contributed by atoms with van der Waals surface area (Å²) >= 11 is 0. The van der Waals surface area contributed by atoms with Gasteiger partial charge in [0.25, 0.3) is 0 Å². The zero-order valence-electron chi connectivity index (χ0n) is 10.3. The van der Waals surface area contributed by atoms with E-state index >= 15 is 0 Å². The number of hydrogen-bond acceptors (Lipinski definition) is 4. The van der Waals surface area contributed by atoms with E-state index in [1.54, 1.807) is 0 Å². The molecule has 10 heteroatoms. The van der Waals surface area contributed by atoms with E-state index in [9.17, 15) is 22.0 Å². The molecule has 0 aliphatic heterocycles. The van der Waals surface area contributed by atoms with Gasteiger partial charge in [-0.1, -0.05) is 6.92 Å². The summed E-state index contributed by atoms with van der Waals surface area (Å²) in [7, 11) is -0.455. The van der Waals surface area contributed by atoms with Crippen LogP contribution in [0.15, 0.2) is 0 Å². The molecule has 0 bridgehead atoms. The molecule has 0 aromatic rings. The van der Waals surface area contributed by atoms with Crippen molar-refractivity contribution in [2.45, 2.75) is 31.4 Å². The molecule has 0 aromatic heterocycles. The number of alkyl halides is 5. The van der Waals surface area contributed by atoms with Crippen LogP contribution >= 0.6 is 0 Å². The minimum Gasteiger partial charge on any atom is -0.375 e. The van der Waals surface area contributed by atoms with Gasteiger partial charge in [-0.25, -0.2) is 0 Å². The molecule has 0 rings (SSSR count). The van der Waals surface area contributed by atoms with E-state index in [0.717, 1.165) is 21.3 Å². The Balaban J connectivity index is 5.12. The lowest BCUT2D eigenvalue weighted by Gasteiger charge is -2.34. The van der Waals surface area contributed by atoms with Gasteiger partial charge in [-0.3, -0.25) is 0 Å². The lowest BCUT2D eigenvalue weighted by atomic mass is 10.5. The molecular weight excluding hydrogens is 283 g/mol. The Bertz CT molecular complexity index is 248. The van der Waals surface area contributed by atoms with Crippen LogP contribution < -0.4 is 0 Å². The highest BCUT2D eigenvalue weighted by Crippen LogP contribution is 2.39. The van der Waals surface area contributed by atoms with Crippen molar-refractivity contribution in [2.75, 3.05) is 21.3 Å². The van der Waals surface area contributed by atoms with Crippen LogP contribution in [0.1, 0.15) is 13.3 Å². The molecule has 1 unspecified atom stereocenters. The smallest absolute Gasteiger partial charge is 0.375 e. The maximum atomic E-state index is 12.8. The maximum Gasteiger partial charge on any atom is 0.530 e. The van der Waals surface area contributed by atoms with Crippen LogP contribution in [0.5, 0.6) is 0 Å². The van der Waals surface area contributed by atoms with Gasteiger partial charge >= 0.3 is 21.1 Å². The van der Waals surface area contributed by atoms with Gasteiger partial charge in [0.2, 0.25) is 0 Å². The Morgan fingerprint density at radius 2 is 1.33 bits per heavy atom. The number of rotatable bonds is 7. The van der Waals surface area contributed by atoms with Crippen molar-refractivity contribution < 1.29 is 40.0 Å². The molecule has 0 aliphatic carbocycles. The van der Waals surface area contributed by atoms with Crippen molar-refractivity contribution in [3.8, 4) is 0 Å². The lowest BCUT2D eigenvalue weighted by Crippen LogP contribution is -2.58. The van der Waals surface area contributed by atoms with Crippen LogP contribution in [0.25, 0.3) is 0 Å². The highest BCUT2D eigenvalue weighted by molar-refractivity contribution is 6.62. The Morgan fingerprint density at radius 3 is 1.56 bits per heavy atom. The maximum absolute atomic E-state index is 12.8. The summed E-state index contributed by atoms with van der Waals surface area (Å²) in [6.07, 6.45) is -11.3. The molecule has 0 saturated carbocycles. The topological polar surface area (TPSA) is 36.9 Å². The summed E-state index contributed by atoms with van der Waals surface area (Å²) in [6.45, 7) is 1.36.